The number of nitrogens with two attached hydrogens (primary N) is 1. The van der Waals surface area contributed by atoms with Crippen molar-refractivity contribution in [3.63, 3.8) is 0 Å². The maximum Gasteiger partial charge on any atom is 0.240 e. The lowest BCUT2D eigenvalue weighted by Gasteiger charge is -2.23. The molecule has 0 saturated carbocycles. The van der Waals surface area contributed by atoms with Gasteiger partial charge >= 0.3 is 0 Å². The number of hydrogen-bond donors (Lipinski definition) is 2. The molecule has 3 N–H and O–H groups in total. The first-order chi connectivity index (χ1) is 8.82. The first kappa shape index (κ1) is 14.3. The third kappa shape index (κ3) is 3.26. The summed E-state index contributed by atoms with van der Waals surface area (Å²) in [5.41, 5.74) is 6.44. The number of sulfonamides is 1. The monoisotopic (exact) mass is 284 g/mol. The summed E-state index contributed by atoms with van der Waals surface area (Å²) in [7, 11) is -3.52. The second kappa shape index (κ2) is 5.11. The average molecular weight is 284 g/mol. The first-order valence-corrected chi connectivity index (χ1v) is 7.80. The summed E-state index contributed by atoms with van der Waals surface area (Å²) in [5.74, 6) is 0. The highest BCUT2D eigenvalue weighted by molar-refractivity contribution is 7.89. The second-order valence-corrected chi connectivity index (χ2v) is 6.99. The van der Waals surface area contributed by atoms with Crippen LogP contribution in [-0.4, -0.2) is 27.2 Å². The molecule has 1 heterocycles. The lowest BCUT2D eigenvalue weighted by Crippen LogP contribution is -2.40. The highest BCUT2D eigenvalue weighted by Gasteiger charge is 2.31. The molecular weight excluding hydrogens is 264 g/mol. The van der Waals surface area contributed by atoms with Gasteiger partial charge in [-0.2, -0.15) is 0 Å². The van der Waals surface area contributed by atoms with E-state index in [1.54, 1.807) is 19.1 Å². The van der Waals surface area contributed by atoms with Gasteiger partial charge in [0.25, 0.3) is 0 Å². The van der Waals surface area contributed by atoms with E-state index in [2.05, 4.69) is 4.72 Å². The minimum absolute atomic E-state index is 0.267. The van der Waals surface area contributed by atoms with E-state index in [1.807, 2.05) is 6.92 Å². The Bertz CT molecular complexity index is 563. The molecule has 0 bridgehead atoms. The molecule has 1 aromatic carbocycles. The van der Waals surface area contributed by atoms with E-state index in [0.29, 0.717) is 24.4 Å². The molecule has 0 radical (unpaired) electrons. The molecule has 5 nitrogen and oxygen atoms in total. The first-order valence-electron chi connectivity index (χ1n) is 6.32. The molecule has 0 aromatic heterocycles. The maximum atomic E-state index is 12.3. The van der Waals surface area contributed by atoms with Crippen LogP contribution in [0.5, 0.6) is 0 Å². The van der Waals surface area contributed by atoms with Gasteiger partial charge in [-0.3, -0.25) is 0 Å². The van der Waals surface area contributed by atoms with E-state index in [1.165, 1.54) is 6.07 Å². The fourth-order valence-corrected chi connectivity index (χ4v) is 3.66. The minimum atomic E-state index is -3.52. The van der Waals surface area contributed by atoms with Crippen molar-refractivity contribution < 1.29 is 13.2 Å². The Kier molecular flexibility index (Phi) is 3.85. The van der Waals surface area contributed by atoms with Crippen LogP contribution in [0.2, 0.25) is 0 Å². The average Bonchev–Trinajstić information content (AvgIpc) is 2.74. The predicted octanol–water partition coefficient (Wildman–Crippen LogP) is 1.42. The number of benzene rings is 1. The lowest BCUT2D eigenvalue weighted by atomic mass is 10.0. The highest BCUT2D eigenvalue weighted by atomic mass is 32.2. The molecule has 1 aliphatic heterocycles. The lowest BCUT2D eigenvalue weighted by molar-refractivity contribution is 0.0250. The Morgan fingerprint density at radius 3 is 2.79 bits per heavy atom. The van der Waals surface area contributed by atoms with Gasteiger partial charge in [0.05, 0.1) is 10.5 Å². The van der Waals surface area contributed by atoms with Crippen molar-refractivity contribution in [2.45, 2.75) is 37.2 Å². The van der Waals surface area contributed by atoms with Crippen molar-refractivity contribution in [1.29, 1.82) is 0 Å². The summed E-state index contributed by atoms with van der Waals surface area (Å²) in [6.45, 7) is 4.65. The van der Waals surface area contributed by atoms with Crippen molar-refractivity contribution in [3.05, 3.63) is 23.8 Å². The highest BCUT2D eigenvalue weighted by Crippen LogP contribution is 2.25. The summed E-state index contributed by atoms with van der Waals surface area (Å²) in [4.78, 5) is 0.267. The smallest absolute Gasteiger partial charge is 0.240 e. The van der Waals surface area contributed by atoms with Crippen LogP contribution < -0.4 is 10.5 Å². The maximum absolute atomic E-state index is 12.3. The molecule has 2 rings (SSSR count). The zero-order valence-electron chi connectivity index (χ0n) is 11.3. The van der Waals surface area contributed by atoms with E-state index in [-0.39, 0.29) is 4.90 Å². The summed E-state index contributed by atoms with van der Waals surface area (Å²) >= 11 is 0. The van der Waals surface area contributed by atoms with Gasteiger partial charge < -0.3 is 10.5 Å². The molecular formula is C13H20N2O3S. The van der Waals surface area contributed by atoms with Crippen molar-refractivity contribution in [1.82, 2.24) is 4.72 Å². The van der Waals surface area contributed by atoms with Crippen LogP contribution >= 0.6 is 0 Å². The summed E-state index contributed by atoms with van der Waals surface area (Å²) in [6.07, 6.45) is 1.84. The standard InChI is InChI=1S/C13H20N2O3S/c1-10-8-11(14)4-5-12(10)19(16,17)15-9-13(2)6-3-7-18-13/h4-5,8,15H,3,6-7,9,14H2,1-2H3. The minimum Gasteiger partial charge on any atom is -0.399 e. The summed E-state index contributed by atoms with van der Waals surface area (Å²) in [6, 6.07) is 4.78. The third-order valence-electron chi connectivity index (χ3n) is 3.43. The van der Waals surface area contributed by atoms with E-state index >= 15 is 0 Å². The van der Waals surface area contributed by atoms with Gasteiger partial charge in [-0.1, -0.05) is 0 Å². The van der Waals surface area contributed by atoms with E-state index in [9.17, 15) is 8.42 Å². The molecule has 1 fully saturated rings. The van der Waals surface area contributed by atoms with Gasteiger partial charge in [0.2, 0.25) is 10.0 Å². The van der Waals surface area contributed by atoms with Gasteiger partial charge in [-0.05, 0) is 50.5 Å². The van der Waals surface area contributed by atoms with Crippen LogP contribution in [0, 0.1) is 6.92 Å². The van der Waals surface area contributed by atoms with Crippen LogP contribution in [0.25, 0.3) is 0 Å². The van der Waals surface area contributed by atoms with E-state index in [0.717, 1.165) is 12.8 Å². The van der Waals surface area contributed by atoms with Gasteiger partial charge in [0, 0.05) is 18.8 Å². The fourth-order valence-electron chi connectivity index (χ4n) is 2.28. The molecule has 1 atom stereocenters. The SMILES string of the molecule is Cc1cc(N)ccc1S(=O)(=O)NCC1(C)CCCO1. The number of anilines is 1. The van der Waals surface area contributed by atoms with Crippen LogP contribution in [-0.2, 0) is 14.8 Å². The molecule has 1 aliphatic rings. The van der Waals surface area contributed by atoms with Crippen molar-refractivity contribution >= 4 is 15.7 Å². The number of ether oxygens (including phenoxy) is 1. The number of nitrogen functional groups attached to an aromatic ring is 1. The summed E-state index contributed by atoms with van der Waals surface area (Å²) in [5, 5.41) is 0. The Balaban J connectivity index is 2.14. The predicted molar refractivity (Wildman–Crippen MR) is 74.4 cm³/mol. The third-order valence-corrected chi connectivity index (χ3v) is 4.99. The molecule has 0 amide bonds. The molecule has 1 aromatic rings. The van der Waals surface area contributed by atoms with Crippen LogP contribution in [0.1, 0.15) is 25.3 Å². The Morgan fingerprint density at radius 1 is 1.47 bits per heavy atom. The molecule has 1 saturated heterocycles. The number of hydrogen-bond acceptors (Lipinski definition) is 4. The molecule has 6 heteroatoms. The Labute approximate surface area is 114 Å². The van der Waals surface area contributed by atoms with Crippen molar-refractivity contribution in [3.8, 4) is 0 Å². The largest absolute Gasteiger partial charge is 0.399 e. The van der Waals surface area contributed by atoms with Crippen molar-refractivity contribution in [2.24, 2.45) is 0 Å². The molecule has 0 spiro atoms. The van der Waals surface area contributed by atoms with E-state index < -0.39 is 15.6 Å². The number of rotatable bonds is 4. The molecule has 19 heavy (non-hydrogen) atoms. The van der Waals surface area contributed by atoms with Crippen LogP contribution in [0.3, 0.4) is 0 Å². The number of nitrogens with one attached hydrogen (secondary N) is 1. The van der Waals surface area contributed by atoms with Gasteiger partial charge in [-0.15, -0.1) is 0 Å². The van der Waals surface area contributed by atoms with Gasteiger partial charge in [0.1, 0.15) is 0 Å². The van der Waals surface area contributed by atoms with E-state index in [4.69, 9.17) is 10.5 Å². The zero-order valence-corrected chi connectivity index (χ0v) is 12.1. The molecule has 0 aliphatic carbocycles. The zero-order chi connectivity index (χ0) is 14.1. The second-order valence-electron chi connectivity index (χ2n) is 5.25. The van der Waals surface area contributed by atoms with Crippen LogP contribution in [0.4, 0.5) is 5.69 Å². The summed E-state index contributed by atoms with van der Waals surface area (Å²) < 4.78 is 32.7. The fraction of sp³-hybridized carbons (Fsp3) is 0.538. The van der Waals surface area contributed by atoms with Gasteiger partial charge in [0.15, 0.2) is 0 Å². The van der Waals surface area contributed by atoms with Crippen LogP contribution in [0.15, 0.2) is 23.1 Å². The topological polar surface area (TPSA) is 81.4 Å². The molecule has 106 valence electrons. The Hall–Kier alpha value is -1.11. The quantitative estimate of drug-likeness (QED) is 0.819. The molecule has 1 unspecified atom stereocenters. The Morgan fingerprint density at radius 2 is 2.21 bits per heavy atom. The normalized spacial score (nSPS) is 23.7. The van der Waals surface area contributed by atoms with Crippen molar-refractivity contribution in [2.75, 3.05) is 18.9 Å². The number of aryl methyl sites for hydroxylation is 1. The van der Waals surface area contributed by atoms with Gasteiger partial charge in [-0.25, -0.2) is 13.1 Å².